The molecule has 90 heavy (non-hydrogen) atoms. The van der Waals surface area contributed by atoms with Crippen molar-refractivity contribution in [3.63, 3.8) is 0 Å². The molecule has 2 aliphatic heterocycles. The summed E-state index contributed by atoms with van der Waals surface area (Å²) in [6.07, 6.45) is 6.31. The van der Waals surface area contributed by atoms with Gasteiger partial charge in [0, 0.05) is 78.7 Å². The summed E-state index contributed by atoms with van der Waals surface area (Å²) in [7, 11) is 3.16. The first-order valence-corrected chi connectivity index (χ1v) is 28.9. The number of carbonyl (C=O) groups is 2. The van der Waals surface area contributed by atoms with Crippen molar-refractivity contribution in [2.24, 2.45) is 0 Å². The molecule has 0 aliphatic carbocycles. The molecule has 0 radical (unpaired) electrons. The number of halogens is 2. The molecule has 0 saturated carbocycles. The lowest BCUT2D eigenvalue weighted by Crippen LogP contribution is -2.51. The van der Waals surface area contributed by atoms with Crippen LogP contribution in [0.4, 0.5) is 32.1 Å². The molecule has 12 aromatic rings. The summed E-state index contributed by atoms with van der Waals surface area (Å²) >= 11 is 0. The summed E-state index contributed by atoms with van der Waals surface area (Å²) in [6, 6.07) is 33.8. The first kappa shape index (κ1) is 58.0. The molecular formula is C62H60F2N18O8. The SMILES string of the molecule is COCCOc1ccc(N2CCN(C(=O)[C@@H](c3ccccc3)n3ncc4c3nc(N)n3nc(-c5ccco5)nc43)CC2)c(F)c1.COCCOc1ccc(N2CCN(C(=O)[C@H](c3ccccc3)n3ncc4c3nc(N)n3nc(-c5ccco5)nc43)CC2)c(F)c1. The van der Waals surface area contributed by atoms with Crippen molar-refractivity contribution in [3.8, 4) is 34.7 Å². The molecule has 2 fully saturated rings. The van der Waals surface area contributed by atoms with Crippen molar-refractivity contribution in [1.82, 2.24) is 68.5 Å². The van der Waals surface area contributed by atoms with E-state index in [2.05, 4.69) is 40.3 Å². The highest BCUT2D eigenvalue weighted by Crippen LogP contribution is 2.34. The van der Waals surface area contributed by atoms with Gasteiger partial charge in [-0.1, -0.05) is 60.7 Å². The van der Waals surface area contributed by atoms with Gasteiger partial charge in [-0.3, -0.25) is 9.59 Å². The molecule has 14 rings (SSSR count). The number of piperazine rings is 2. The zero-order valence-corrected chi connectivity index (χ0v) is 48.8. The topological polar surface area (TPSA) is 284 Å². The van der Waals surface area contributed by atoms with Crippen molar-refractivity contribution >= 4 is 68.4 Å². The van der Waals surface area contributed by atoms with E-state index in [0.29, 0.717) is 158 Å². The van der Waals surface area contributed by atoms with Crippen molar-refractivity contribution in [1.29, 1.82) is 0 Å². The van der Waals surface area contributed by atoms with Crippen molar-refractivity contribution in [2.45, 2.75) is 12.1 Å². The van der Waals surface area contributed by atoms with E-state index in [1.54, 1.807) is 107 Å². The normalized spacial score (nSPS) is 14.4. The van der Waals surface area contributed by atoms with Gasteiger partial charge in [-0.15, -0.1) is 10.2 Å². The third-order valence-corrected chi connectivity index (χ3v) is 15.6. The van der Waals surface area contributed by atoms with Crippen LogP contribution >= 0.6 is 0 Å². The number of methoxy groups -OCH3 is 2. The maximum atomic E-state index is 15.0. The second kappa shape index (κ2) is 25.4. The van der Waals surface area contributed by atoms with Crippen LogP contribution in [0.3, 0.4) is 0 Å². The van der Waals surface area contributed by atoms with Gasteiger partial charge in [0.15, 0.2) is 46.2 Å². The monoisotopic (exact) mass is 1220 g/mol. The maximum absolute atomic E-state index is 15.0. The Morgan fingerprint density at radius 2 is 0.922 bits per heavy atom. The van der Waals surface area contributed by atoms with Gasteiger partial charge < -0.3 is 58.8 Å². The van der Waals surface area contributed by atoms with Gasteiger partial charge in [-0.2, -0.15) is 29.2 Å². The number of rotatable bonds is 18. The fourth-order valence-electron chi connectivity index (χ4n) is 11.1. The Bertz CT molecular complexity index is 4190. The van der Waals surface area contributed by atoms with Crippen LogP contribution < -0.4 is 30.7 Å². The summed E-state index contributed by atoms with van der Waals surface area (Å²) in [6.45, 7) is 4.88. The van der Waals surface area contributed by atoms with Gasteiger partial charge in [-0.05, 0) is 59.7 Å². The zero-order valence-electron chi connectivity index (χ0n) is 48.8. The first-order valence-electron chi connectivity index (χ1n) is 28.9. The minimum absolute atomic E-state index is 0.0922. The van der Waals surface area contributed by atoms with Crippen LogP contribution in [0.15, 0.2) is 155 Å². The lowest BCUT2D eigenvalue weighted by Gasteiger charge is -2.37. The average Bonchev–Trinajstić information content (AvgIpc) is 1.60. The van der Waals surface area contributed by atoms with E-state index < -0.39 is 12.1 Å². The van der Waals surface area contributed by atoms with Crippen LogP contribution in [0, 0.1) is 11.6 Å². The highest BCUT2D eigenvalue weighted by Gasteiger charge is 2.36. The summed E-state index contributed by atoms with van der Waals surface area (Å²) in [5, 5.41) is 19.3. The minimum Gasteiger partial charge on any atom is -0.491 e. The summed E-state index contributed by atoms with van der Waals surface area (Å²) in [4.78, 5) is 54.4. The van der Waals surface area contributed by atoms with Crippen molar-refractivity contribution in [3.05, 3.63) is 169 Å². The van der Waals surface area contributed by atoms with Crippen LogP contribution in [-0.4, -0.2) is 173 Å². The number of amides is 2. The minimum atomic E-state index is -0.822. The number of nitrogens with zero attached hydrogens (tertiary/aromatic N) is 16. The van der Waals surface area contributed by atoms with Gasteiger partial charge in [0.2, 0.25) is 23.5 Å². The average molecular weight is 1220 g/mol. The molecule has 10 heterocycles. The van der Waals surface area contributed by atoms with Crippen LogP contribution in [0.5, 0.6) is 11.5 Å². The number of ether oxygens (including phenoxy) is 4. The Kier molecular flexibility index (Phi) is 16.4. The number of carbonyl (C=O) groups excluding carboxylic acids is 2. The fraction of sp³-hybridized carbons (Fsp3) is 0.258. The van der Waals surface area contributed by atoms with Gasteiger partial charge in [0.25, 0.3) is 11.8 Å². The van der Waals surface area contributed by atoms with Gasteiger partial charge in [0.05, 0.1) is 60.3 Å². The van der Waals surface area contributed by atoms with E-state index in [0.717, 1.165) is 11.1 Å². The number of hydrogen-bond acceptors (Lipinski definition) is 20. The van der Waals surface area contributed by atoms with Gasteiger partial charge in [-0.25, -0.2) is 28.1 Å². The molecule has 2 atom stereocenters. The molecule has 4 N–H and O–H groups in total. The molecule has 26 nitrogen and oxygen atoms in total. The Labute approximate surface area is 511 Å². The standard InChI is InChI=1S/2C31H30FN9O4/c2*1-43-16-17-44-21-9-10-24(23(32)18-21)38-11-13-39(14-12-38)30(42)26(20-6-3-2-4-7-20)40-29-22(19-34-40)28-35-27(25-8-5-15-45-25)37-41(28)31(33)36-29/h2*2-10,15,18-19,26H,11-14,16-17H2,1H3,(H2,33,36)/t2*26-/m10/s1. The number of hydrogen-bond donors (Lipinski definition) is 2. The molecule has 28 heteroatoms. The predicted octanol–water partition coefficient (Wildman–Crippen LogP) is 6.84. The zero-order chi connectivity index (χ0) is 61.8. The smallest absolute Gasteiger partial charge is 0.252 e. The van der Waals surface area contributed by atoms with Crippen molar-refractivity contribution < 1.29 is 46.2 Å². The number of anilines is 4. The number of nitrogen functional groups attached to an aromatic ring is 2. The quantitative estimate of drug-likeness (QED) is 0.0832. The summed E-state index contributed by atoms with van der Waals surface area (Å²) < 4.78 is 68.0. The molecule has 460 valence electrons. The predicted molar refractivity (Wildman–Crippen MR) is 327 cm³/mol. The van der Waals surface area contributed by atoms with Gasteiger partial charge in [0.1, 0.15) is 36.3 Å². The highest BCUT2D eigenvalue weighted by molar-refractivity contribution is 5.94. The van der Waals surface area contributed by atoms with Crippen LogP contribution in [-0.2, 0) is 19.1 Å². The summed E-state index contributed by atoms with van der Waals surface area (Å²) in [5.41, 5.74) is 16.7. The van der Waals surface area contributed by atoms with Gasteiger partial charge >= 0.3 is 0 Å². The number of benzene rings is 4. The Balaban J connectivity index is 0.000000165. The second-order valence-electron chi connectivity index (χ2n) is 21.0. The Hall–Kier alpha value is -11.0. The number of nitrogens with two attached hydrogens (primary N) is 2. The third-order valence-electron chi connectivity index (χ3n) is 15.6. The van der Waals surface area contributed by atoms with Crippen LogP contribution in [0.2, 0.25) is 0 Å². The van der Waals surface area contributed by atoms with E-state index in [9.17, 15) is 9.59 Å². The van der Waals surface area contributed by atoms with E-state index in [1.165, 1.54) is 21.2 Å². The number of fused-ring (bicyclic) bond motifs is 6. The third kappa shape index (κ3) is 11.5. The largest absolute Gasteiger partial charge is 0.491 e. The number of aromatic nitrogens is 12. The van der Waals surface area contributed by atoms with E-state index in [1.807, 2.05) is 70.5 Å². The maximum Gasteiger partial charge on any atom is 0.252 e. The molecule has 4 aromatic carbocycles. The summed E-state index contributed by atoms with van der Waals surface area (Å²) in [5.74, 6) is 1.66. The molecule has 0 bridgehead atoms. The molecule has 2 amide bonds. The van der Waals surface area contributed by atoms with E-state index >= 15 is 8.78 Å². The molecule has 2 aliphatic rings. The molecule has 2 saturated heterocycles. The molecule has 8 aromatic heterocycles. The van der Waals surface area contributed by atoms with Crippen LogP contribution in [0.1, 0.15) is 23.2 Å². The Morgan fingerprint density at radius 1 is 0.511 bits per heavy atom. The lowest BCUT2D eigenvalue weighted by atomic mass is 10.0. The van der Waals surface area contributed by atoms with Crippen LogP contribution in [0.25, 0.3) is 56.5 Å². The van der Waals surface area contributed by atoms with E-state index in [4.69, 9.17) is 39.2 Å². The first-order chi connectivity index (χ1) is 44.0. The number of furan rings is 2. The van der Waals surface area contributed by atoms with E-state index in [-0.39, 0.29) is 35.3 Å². The lowest BCUT2D eigenvalue weighted by molar-refractivity contribution is -0.134. The molecule has 0 spiro atoms. The Morgan fingerprint density at radius 3 is 1.29 bits per heavy atom. The van der Waals surface area contributed by atoms with Crippen molar-refractivity contribution in [2.75, 3.05) is 114 Å². The molecule has 0 unspecified atom stereocenters. The highest BCUT2D eigenvalue weighted by atomic mass is 19.1. The second-order valence-corrected chi connectivity index (χ2v) is 21.0. The fourth-order valence-corrected chi connectivity index (χ4v) is 11.1. The molecular weight excluding hydrogens is 1160 g/mol.